The lowest BCUT2D eigenvalue weighted by Gasteiger charge is -2.17. The van der Waals surface area contributed by atoms with Crippen molar-refractivity contribution in [2.24, 2.45) is 0 Å². The largest absolute Gasteiger partial charge is 0.471 e. The molecule has 3 rings (SSSR count). The lowest BCUT2D eigenvalue weighted by atomic mass is 10.2. The van der Waals surface area contributed by atoms with Gasteiger partial charge in [-0.05, 0) is 17.7 Å². The molecule has 1 unspecified atom stereocenters. The van der Waals surface area contributed by atoms with E-state index in [9.17, 15) is 9.18 Å². The van der Waals surface area contributed by atoms with E-state index in [2.05, 4.69) is 15.3 Å². The first-order valence-electron chi connectivity index (χ1n) is 7.40. The second-order valence-corrected chi connectivity index (χ2v) is 5.30. The van der Waals surface area contributed by atoms with E-state index >= 15 is 0 Å². The molecule has 1 aromatic heterocycles. The number of nitrogens with zero attached hydrogens (tertiary/aromatic N) is 3. The summed E-state index contributed by atoms with van der Waals surface area (Å²) in [5.74, 6) is 0.176. The zero-order valence-electron chi connectivity index (χ0n) is 12.5. The van der Waals surface area contributed by atoms with Crippen molar-refractivity contribution in [1.82, 2.24) is 20.2 Å². The molecule has 1 atom stereocenters. The van der Waals surface area contributed by atoms with Gasteiger partial charge in [0.15, 0.2) is 0 Å². The standard InChI is InChI=1S/C16H17FN4O2/c17-13-3-1-12(2-4-13)9-20-16(22)21-8-5-14(11-21)23-15-10-18-6-7-19-15/h1-4,6-7,10,14H,5,8-9,11H2,(H,20,22). The second-order valence-electron chi connectivity index (χ2n) is 5.30. The predicted molar refractivity (Wildman–Crippen MR) is 81.3 cm³/mol. The van der Waals surface area contributed by atoms with Gasteiger partial charge < -0.3 is 15.0 Å². The third kappa shape index (κ3) is 4.15. The van der Waals surface area contributed by atoms with Gasteiger partial charge in [-0.25, -0.2) is 14.2 Å². The summed E-state index contributed by atoms with van der Waals surface area (Å²) in [6.07, 6.45) is 5.37. The van der Waals surface area contributed by atoms with Gasteiger partial charge in [-0.15, -0.1) is 0 Å². The molecule has 2 heterocycles. The van der Waals surface area contributed by atoms with Crippen LogP contribution < -0.4 is 10.1 Å². The first-order valence-corrected chi connectivity index (χ1v) is 7.40. The van der Waals surface area contributed by atoms with E-state index in [-0.39, 0.29) is 18.0 Å². The quantitative estimate of drug-likeness (QED) is 0.936. The summed E-state index contributed by atoms with van der Waals surface area (Å²) < 4.78 is 18.5. The van der Waals surface area contributed by atoms with Crippen molar-refractivity contribution in [2.45, 2.75) is 19.1 Å². The molecular formula is C16H17FN4O2. The number of aromatic nitrogens is 2. The Labute approximate surface area is 133 Å². The summed E-state index contributed by atoms with van der Waals surface area (Å²) in [5, 5.41) is 2.83. The Morgan fingerprint density at radius 3 is 2.91 bits per heavy atom. The number of nitrogens with one attached hydrogen (secondary N) is 1. The molecule has 0 bridgehead atoms. The SMILES string of the molecule is O=C(NCc1ccc(F)cc1)N1CCC(Oc2cnccn2)C1. The van der Waals surface area contributed by atoms with Gasteiger partial charge in [0.1, 0.15) is 11.9 Å². The molecule has 2 aromatic rings. The van der Waals surface area contributed by atoms with Gasteiger partial charge in [0.2, 0.25) is 5.88 Å². The summed E-state index contributed by atoms with van der Waals surface area (Å²) >= 11 is 0. The number of hydrogen-bond acceptors (Lipinski definition) is 4. The van der Waals surface area contributed by atoms with Crippen molar-refractivity contribution >= 4 is 6.03 Å². The number of amides is 2. The van der Waals surface area contributed by atoms with Crippen molar-refractivity contribution in [3.8, 4) is 5.88 Å². The summed E-state index contributed by atoms with van der Waals surface area (Å²) in [7, 11) is 0. The molecule has 1 N–H and O–H groups in total. The van der Waals surface area contributed by atoms with E-state index in [1.807, 2.05) is 0 Å². The van der Waals surface area contributed by atoms with E-state index in [1.54, 1.807) is 35.6 Å². The fourth-order valence-electron chi connectivity index (χ4n) is 2.42. The maximum absolute atomic E-state index is 12.8. The van der Waals surface area contributed by atoms with Crippen LogP contribution in [0.15, 0.2) is 42.9 Å². The van der Waals surface area contributed by atoms with Crippen molar-refractivity contribution in [2.75, 3.05) is 13.1 Å². The van der Waals surface area contributed by atoms with Gasteiger partial charge >= 0.3 is 6.03 Å². The molecule has 0 spiro atoms. The number of likely N-dealkylation sites (tertiary alicyclic amines) is 1. The number of urea groups is 1. The van der Waals surface area contributed by atoms with Crippen molar-refractivity contribution in [3.05, 3.63) is 54.2 Å². The van der Waals surface area contributed by atoms with Gasteiger partial charge in [-0.2, -0.15) is 0 Å². The second kappa shape index (κ2) is 7.04. The zero-order valence-corrected chi connectivity index (χ0v) is 12.5. The lowest BCUT2D eigenvalue weighted by molar-refractivity contribution is 0.182. The molecule has 7 heteroatoms. The number of ether oxygens (including phenoxy) is 1. The predicted octanol–water partition coefficient (Wildman–Crippen LogP) is 1.98. The number of carbonyl (C=O) groups is 1. The molecule has 6 nitrogen and oxygen atoms in total. The Hall–Kier alpha value is -2.70. The Morgan fingerprint density at radius 2 is 2.17 bits per heavy atom. The van der Waals surface area contributed by atoms with Crippen LogP contribution in [0, 0.1) is 5.82 Å². The van der Waals surface area contributed by atoms with Crippen LogP contribution in [0.5, 0.6) is 5.88 Å². The van der Waals surface area contributed by atoms with Gasteiger partial charge in [-0.3, -0.25) is 4.98 Å². The fraction of sp³-hybridized carbons (Fsp3) is 0.312. The molecule has 0 aliphatic carbocycles. The van der Waals surface area contributed by atoms with Gasteiger partial charge in [-0.1, -0.05) is 12.1 Å². The molecule has 1 fully saturated rings. The molecule has 120 valence electrons. The van der Waals surface area contributed by atoms with Crippen molar-refractivity contribution in [3.63, 3.8) is 0 Å². The van der Waals surface area contributed by atoms with E-state index in [0.717, 1.165) is 12.0 Å². The van der Waals surface area contributed by atoms with E-state index in [0.29, 0.717) is 25.5 Å². The maximum Gasteiger partial charge on any atom is 0.317 e. The molecule has 0 saturated carbocycles. The average Bonchev–Trinajstić information content (AvgIpc) is 3.03. The molecule has 1 aliphatic rings. The van der Waals surface area contributed by atoms with Crippen LogP contribution in [0.4, 0.5) is 9.18 Å². The first kappa shape index (κ1) is 15.2. The molecule has 2 amide bonds. The Bertz CT molecular complexity index is 651. The molecule has 1 aromatic carbocycles. The topological polar surface area (TPSA) is 67.4 Å². The van der Waals surface area contributed by atoms with Crippen LogP contribution in [-0.2, 0) is 6.54 Å². The summed E-state index contributed by atoms with van der Waals surface area (Å²) in [5.41, 5.74) is 0.853. The van der Waals surface area contributed by atoms with Crippen molar-refractivity contribution < 1.29 is 13.9 Å². The minimum atomic E-state index is -0.288. The highest BCUT2D eigenvalue weighted by atomic mass is 19.1. The molecular weight excluding hydrogens is 299 g/mol. The van der Waals surface area contributed by atoms with Crippen LogP contribution in [0.2, 0.25) is 0 Å². The van der Waals surface area contributed by atoms with E-state index < -0.39 is 0 Å². The Kier molecular flexibility index (Phi) is 4.65. The third-order valence-electron chi connectivity index (χ3n) is 3.62. The smallest absolute Gasteiger partial charge is 0.317 e. The normalized spacial score (nSPS) is 17.1. The maximum atomic E-state index is 12.8. The van der Waals surface area contributed by atoms with Crippen LogP contribution in [0.25, 0.3) is 0 Å². The van der Waals surface area contributed by atoms with Crippen LogP contribution in [0.3, 0.4) is 0 Å². The van der Waals surface area contributed by atoms with Crippen LogP contribution in [-0.4, -0.2) is 40.1 Å². The Balaban J connectivity index is 1.46. The molecule has 1 saturated heterocycles. The highest BCUT2D eigenvalue weighted by Crippen LogP contribution is 2.15. The van der Waals surface area contributed by atoms with Gasteiger partial charge in [0, 0.05) is 31.9 Å². The summed E-state index contributed by atoms with van der Waals surface area (Å²) in [4.78, 5) is 21.8. The average molecular weight is 316 g/mol. The van der Waals surface area contributed by atoms with Gasteiger partial charge in [0.25, 0.3) is 0 Å². The fourth-order valence-corrected chi connectivity index (χ4v) is 2.42. The molecule has 23 heavy (non-hydrogen) atoms. The third-order valence-corrected chi connectivity index (χ3v) is 3.62. The van der Waals surface area contributed by atoms with Gasteiger partial charge in [0.05, 0.1) is 12.7 Å². The highest BCUT2D eigenvalue weighted by molar-refractivity contribution is 5.74. The van der Waals surface area contributed by atoms with Crippen molar-refractivity contribution in [1.29, 1.82) is 0 Å². The molecule has 0 radical (unpaired) electrons. The van der Waals surface area contributed by atoms with Crippen LogP contribution in [0.1, 0.15) is 12.0 Å². The first-order chi connectivity index (χ1) is 11.2. The van der Waals surface area contributed by atoms with E-state index in [4.69, 9.17) is 4.74 Å². The monoisotopic (exact) mass is 316 g/mol. The van der Waals surface area contributed by atoms with E-state index in [1.165, 1.54) is 12.1 Å². The number of halogens is 1. The Morgan fingerprint density at radius 1 is 1.35 bits per heavy atom. The number of rotatable bonds is 4. The number of carbonyl (C=O) groups excluding carboxylic acids is 1. The summed E-state index contributed by atoms with van der Waals surface area (Å²) in [6.45, 7) is 1.50. The summed E-state index contributed by atoms with van der Waals surface area (Å²) in [6, 6.07) is 5.91. The minimum absolute atomic E-state index is 0.0803. The number of benzene rings is 1. The van der Waals surface area contributed by atoms with Crippen LogP contribution >= 0.6 is 0 Å². The zero-order chi connectivity index (χ0) is 16.1. The number of hydrogen-bond donors (Lipinski definition) is 1. The molecule has 1 aliphatic heterocycles. The lowest BCUT2D eigenvalue weighted by Crippen LogP contribution is -2.39. The highest BCUT2D eigenvalue weighted by Gasteiger charge is 2.27. The minimum Gasteiger partial charge on any atom is -0.471 e.